The standard InChI is InChI=1S/C17H26N2O/c1-12-11-19(9-8-16(12)18)17-5-3-4-13-10-14(20-2)6-7-15(13)17/h6-7,10,12,16-17H,3-5,8-9,11,18H2,1-2H3. The summed E-state index contributed by atoms with van der Waals surface area (Å²) >= 11 is 0. The summed E-state index contributed by atoms with van der Waals surface area (Å²) in [6.45, 7) is 4.56. The van der Waals surface area contributed by atoms with Crippen LogP contribution in [0.2, 0.25) is 0 Å². The summed E-state index contributed by atoms with van der Waals surface area (Å²) in [5.74, 6) is 1.59. The largest absolute Gasteiger partial charge is 0.497 e. The Morgan fingerprint density at radius 1 is 1.30 bits per heavy atom. The summed E-state index contributed by atoms with van der Waals surface area (Å²) in [6.07, 6.45) is 4.87. The number of hydrogen-bond acceptors (Lipinski definition) is 3. The van der Waals surface area contributed by atoms with E-state index in [9.17, 15) is 0 Å². The zero-order valence-electron chi connectivity index (χ0n) is 12.6. The Labute approximate surface area is 122 Å². The van der Waals surface area contributed by atoms with Crippen LogP contribution in [0.1, 0.15) is 43.4 Å². The Hall–Kier alpha value is -1.06. The number of likely N-dealkylation sites (tertiary alicyclic amines) is 1. The second kappa shape index (κ2) is 5.74. The van der Waals surface area contributed by atoms with Gasteiger partial charge in [0.15, 0.2) is 0 Å². The van der Waals surface area contributed by atoms with E-state index in [1.54, 1.807) is 7.11 Å². The highest BCUT2D eigenvalue weighted by molar-refractivity contribution is 5.39. The van der Waals surface area contributed by atoms with Crippen molar-refractivity contribution in [1.29, 1.82) is 0 Å². The predicted octanol–water partition coefficient (Wildman–Crippen LogP) is 2.74. The first-order valence-corrected chi connectivity index (χ1v) is 7.85. The fourth-order valence-corrected chi connectivity index (χ4v) is 3.75. The minimum Gasteiger partial charge on any atom is -0.497 e. The normalized spacial score (nSPS) is 30.9. The molecule has 3 heteroatoms. The van der Waals surface area contributed by atoms with Crippen LogP contribution in [0, 0.1) is 5.92 Å². The van der Waals surface area contributed by atoms with Gasteiger partial charge in [0.25, 0.3) is 0 Å². The molecule has 0 spiro atoms. The number of methoxy groups -OCH3 is 1. The van der Waals surface area contributed by atoms with E-state index in [1.807, 2.05) is 0 Å². The van der Waals surface area contributed by atoms with Gasteiger partial charge in [-0.2, -0.15) is 0 Å². The zero-order valence-corrected chi connectivity index (χ0v) is 12.6. The first-order valence-electron chi connectivity index (χ1n) is 7.85. The van der Waals surface area contributed by atoms with Gasteiger partial charge in [-0.15, -0.1) is 0 Å². The molecule has 1 aliphatic heterocycles. The van der Waals surface area contributed by atoms with Crippen LogP contribution >= 0.6 is 0 Å². The topological polar surface area (TPSA) is 38.5 Å². The van der Waals surface area contributed by atoms with Crippen molar-refractivity contribution >= 4 is 0 Å². The van der Waals surface area contributed by atoms with E-state index >= 15 is 0 Å². The molecule has 0 radical (unpaired) electrons. The average molecular weight is 274 g/mol. The average Bonchev–Trinajstić information content (AvgIpc) is 2.49. The minimum absolute atomic E-state index is 0.380. The number of nitrogens with zero attached hydrogens (tertiary/aromatic N) is 1. The molecule has 0 aromatic heterocycles. The Morgan fingerprint density at radius 2 is 2.15 bits per heavy atom. The first kappa shape index (κ1) is 13.9. The number of piperidine rings is 1. The van der Waals surface area contributed by atoms with Crippen molar-refractivity contribution in [3.05, 3.63) is 29.3 Å². The highest BCUT2D eigenvalue weighted by Gasteiger charge is 2.31. The summed E-state index contributed by atoms with van der Waals surface area (Å²) in [5.41, 5.74) is 9.15. The summed E-state index contributed by atoms with van der Waals surface area (Å²) in [6, 6.07) is 7.57. The lowest BCUT2D eigenvalue weighted by Gasteiger charge is -2.42. The van der Waals surface area contributed by atoms with Crippen molar-refractivity contribution in [1.82, 2.24) is 4.90 Å². The van der Waals surface area contributed by atoms with Crippen LogP contribution in [-0.4, -0.2) is 31.1 Å². The van der Waals surface area contributed by atoms with Gasteiger partial charge in [-0.1, -0.05) is 13.0 Å². The molecule has 1 fully saturated rings. The molecule has 0 amide bonds. The Balaban J connectivity index is 1.83. The van der Waals surface area contributed by atoms with E-state index in [2.05, 4.69) is 30.0 Å². The van der Waals surface area contributed by atoms with Crippen LogP contribution in [0.5, 0.6) is 5.75 Å². The van der Waals surface area contributed by atoms with Gasteiger partial charge in [-0.05, 0) is 54.9 Å². The highest BCUT2D eigenvalue weighted by atomic mass is 16.5. The number of rotatable bonds is 2. The number of fused-ring (bicyclic) bond motifs is 1. The monoisotopic (exact) mass is 274 g/mol. The maximum Gasteiger partial charge on any atom is 0.119 e. The molecule has 2 N–H and O–H groups in total. The highest BCUT2D eigenvalue weighted by Crippen LogP contribution is 2.37. The lowest BCUT2D eigenvalue weighted by Crippen LogP contribution is -2.47. The molecule has 1 saturated heterocycles. The summed E-state index contributed by atoms with van der Waals surface area (Å²) < 4.78 is 5.36. The number of benzene rings is 1. The summed E-state index contributed by atoms with van der Waals surface area (Å²) in [7, 11) is 1.75. The Morgan fingerprint density at radius 3 is 2.90 bits per heavy atom. The van der Waals surface area contributed by atoms with Crippen LogP contribution in [-0.2, 0) is 6.42 Å². The molecular weight excluding hydrogens is 248 g/mol. The maximum absolute atomic E-state index is 6.16. The molecule has 0 saturated carbocycles. The van der Waals surface area contributed by atoms with Crippen molar-refractivity contribution in [3.8, 4) is 5.75 Å². The molecule has 3 rings (SSSR count). The molecule has 2 aliphatic rings. The summed E-state index contributed by atoms with van der Waals surface area (Å²) in [5, 5.41) is 0. The van der Waals surface area contributed by atoms with E-state index in [4.69, 9.17) is 10.5 Å². The molecular formula is C17H26N2O. The second-order valence-electron chi connectivity index (χ2n) is 6.40. The third kappa shape index (κ3) is 2.57. The zero-order chi connectivity index (χ0) is 14.1. The van der Waals surface area contributed by atoms with Gasteiger partial charge in [-0.25, -0.2) is 0 Å². The van der Waals surface area contributed by atoms with Crippen LogP contribution in [0.25, 0.3) is 0 Å². The van der Waals surface area contributed by atoms with Crippen molar-refractivity contribution in [2.75, 3.05) is 20.2 Å². The number of ether oxygens (including phenoxy) is 1. The van der Waals surface area contributed by atoms with Crippen molar-refractivity contribution in [2.45, 2.75) is 44.7 Å². The summed E-state index contributed by atoms with van der Waals surface area (Å²) in [4.78, 5) is 2.65. The van der Waals surface area contributed by atoms with E-state index in [-0.39, 0.29) is 0 Å². The predicted molar refractivity (Wildman–Crippen MR) is 82.0 cm³/mol. The van der Waals surface area contributed by atoms with Crippen LogP contribution in [0.3, 0.4) is 0 Å². The van der Waals surface area contributed by atoms with E-state index < -0.39 is 0 Å². The van der Waals surface area contributed by atoms with Gasteiger partial charge in [0.1, 0.15) is 5.75 Å². The molecule has 1 aromatic carbocycles. The van der Waals surface area contributed by atoms with Gasteiger partial charge in [0.05, 0.1) is 7.11 Å². The minimum atomic E-state index is 0.380. The molecule has 0 bridgehead atoms. The fraction of sp³-hybridized carbons (Fsp3) is 0.647. The Kier molecular flexibility index (Phi) is 3.99. The SMILES string of the molecule is COc1ccc2c(c1)CCCC2N1CCC(N)C(C)C1. The smallest absolute Gasteiger partial charge is 0.119 e. The van der Waals surface area contributed by atoms with Crippen LogP contribution < -0.4 is 10.5 Å². The van der Waals surface area contributed by atoms with Gasteiger partial charge < -0.3 is 10.5 Å². The van der Waals surface area contributed by atoms with Gasteiger partial charge in [0.2, 0.25) is 0 Å². The molecule has 110 valence electrons. The third-order valence-corrected chi connectivity index (χ3v) is 5.08. The van der Waals surface area contributed by atoms with Crippen molar-refractivity contribution in [2.24, 2.45) is 11.7 Å². The Bertz CT molecular complexity index is 474. The van der Waals surface area contributed by atoms with Gasteiger partial charge in [0, 0.05) is 25.2 Å². The molecule has 1 aliphatic carbocycles. The molecule has 3 unspecified atom stereocenters. The fourth-order valence-electron chi connectivity index (χ4n) is 3.75. The lowest BCUT2D eigenvalue weighted by molar-refractivity contribution is 0.105. The van der Waals surface area contributed by atoms with Crippen LogP contribution in [0.15, 0.2) is 18.2 Å². The van der Waals surface area contributed by atoms with Gasteiger partial charge >= 0.3 is 0 Å². The molecule has 1 aromatic rings. The van der Waals surface area contributed by atoms with E-state index in [0.717, 1.165) is 25.3 Å². The van der Waals surface area contributed by atoms with Crippen molar-refractivity contribution < 1.29 is 4.74 Å². The number of hydrogen-bond donors (Lipinski definition) is 1. The number of aryl methyl sites for hydroxylation is 1. The maximum atomic E-state index is 6.16. The van der Waals surface area contributed by atoms with E-state index in [1.165, 1.54) is 30.4 Å². The molecule has 1 heterocycles. The molecule has 3 nitrogen and oxygen atoms in total. The van der Waals surface area contributed by atoms with Crippen molar-refractivity contribution in [3.63, 3.8) is 0 Å². The second-order valence-corrected chi connectivity index (χ2v) is 6.40. The quantitative estimate of drug-likeness (QED) is 0.901. The first-order chi connectivity index (χ1) is 9.69. The number of nitrogens with two attached hydrogens (primary N) is 1. The third-order valence-electron chi connectivity index (χ3n) is 5.08. The molecule has 20 heavy (non-hydrogen) atoms. The lowest BCUT2D eigenvalue weighted by atomic mass is 9.84. The van der Waals surface area contributed by atoms with Gasteiger partial charge in [-0.3, -0.25) is 4.90 Å². The van der Waals surface area contributed by atoms with Crippen LogP contribution in [0.4, 0.5) is 0 Å². The van der Waals surface area contributed by atoms with E-state index in [0.29, 0.717) is 18.0 Å². The molecule has 3 atom stereocenters.